The number of rotatable bonds is 10. The third kappa shape index (κ3) is 7.17. The SMILES string of the molecule is CC(C)NC(=O)[C@@H](C)N(Cc1cccc(Br)c1)C(=O)CN(c1ccccc1F)S(=O)(=O)c1ccccc1. The minimum absolute atomic E-state index is 0.0431. The Kier molecular flexibility index (Phi) is 9.45. The monoisotopic (exact) mass is 589 g/mol. The lowest BCUT2D eigenvalue weighted by molar-refractivity contribution is -0.139. The van der Waals surface area contributed by atoms with Crippen molar-refractivity contribution < 1.29 is 22.4 Å². The van der Waals surface area contributed by atoms with Crippen molar-refractivity contribution in [1.29, 1.82) is 0 Å². The van der Waals surface area contributed by atoms with Gasteiger partial charge in [-0.05, 0) is 62.7 Å². The minimum atomic E-state index is -4.31. The van der Waals surface area contributed by atoms with Gasteiger partial charge in [0.15, 0.2) is 0 Å². The summed E-state index contributed by atoms with van der Waals surface area (Å²) in [6, 6.07) is 19.0. The number of nitrogens with zero attached hydrogens (tertiary/aromatic N) is 2. The fourth-order valence-corrected chi connectivity index (χ4v) is 5.60. The van der Waals surface area contributed by atoms with Crippen molar-refractivity contribution in [2.24, 2.45) is 0 Å². The molecule has 0 unspecified atom stereocenters. The molecule has 0 aliphatic rings. The number of benzene rings is 3. The van der Waals surface area contributed by atoms with Gasteiger partial charge in [-0.25, -0.2) is 12.8 Å². The molecule has 7 nitrogen and oxygen atoms in total. The summed E-state index contributed by atoms with van der Waals surface area (Å²) in [5.74, 6) is -1.84. The van der Waals surface area contributed by atoms with E-state index >= 15 is 0 Å². The first kappa shape index (κ1) is 28.3. The Morgan fingerprint density at radius 1 is 0.946 bits per heavy atom. The number of sulfonamides is 1. The van der Waals surface area contributed by atoms with Crippen LogP contribution in [0.25, 0.3) is 0 Å². The first-order valence-electron chi connectivity index (χ1n) is 11.7. The van der Waals surface area contributed by atoms with E-state index in [1.807, 2.05) is 12.1 Å². The molecule has 10 heteroatoms. The summed E-state index contributed by atoms with van der Waals surface area (Å²) in [5, 5.41) is 2.79. The number of nitrogens with one attached hydrogen (secondary N) is 1. The Morgan fingerprint density at radius 2 is 1.59 bits per heavy atom. The average molecular weight is 591 g/mol. The van der Waals surface area contributed by atoms with Crippen LogP contribution in [-0.4, -0.2) is 43.8 Å². The highest BCUT2D eigenvalue weighted by atomic mass is 79.9. The number of halogens is 2. The number of anilines is 1. The molecule has 0 spiro atoms. The second-order valence-corrected chi connectivity index (χ2v) is 11.5. The van der Waals surface area contributed by atoms with Crippen molar-refractivity contribution in [1.82, 2.24) is 10.2 Å². The van der Waals surface area contributed by atoms with Gasteiger partial charge in [0.2, 0.25) is 11.8 Å². The normalized spacial score (nSPS) is 12.2. The Hall–Kier alpha value is -3.24. The Bertz CT molecular complexity index is 1350. The summed E-state index contributed by atoms with van der Waals surface area (Å²) in [6.07, 6.45) is 0. The molecule has 0 bridgehead atoms. The van der Waals surface area contributed by atoms with Crippen LogP contribution in [0.15, 0.2) is 88.2 Å². The highest BCUT2D eigenvalue weighted by molar-refractivity contribution is 9.10. The molecule has 0 aliphatic carbocycles. The predicted molar refractivity (Wildman–Crippen MR) is 145 cm³/mol. The lowest BCUT2D eigenvalue weighted by Crippen LogP contribution is -2.52. The molecular weight excluding hydrogens is 561 g/mol. The zero-order valence-electron chi connectivity index (χ0n) is 20.8. The number of hydrogen-bond acceptors (Lipinski definition) is 4. The number of amides is 2. The molecule has 1 atom stereocenters. The maximum absolute atomic E-state index is 14.9. The third-order valence-electron chi connectivity index (χ3n) is 5.57. The second-order valence-electron chi connectivity index (χ2n) is 8.77. The number of carbonyl (C=O) groups is 2. The van der Waals surface area contributed by atoms with Gasteiger partial charge in [0.1, 0.15) is 18.4 Å². The fourth-order valence-electron chi connectivity index (χ4n) is 3.71. The van der Waals surface area contributed by atoms with Crippen LogP contribution in [0.1, 0.15) is 26.3 Å². The van der Waals surface area contributed by atoms with Gasteiger partial charge in [-0.3, -0.25) is 13.9 Å². The van der Waals surface area contributed by atoms with Gasteiger partial charge in [0.05, 0.1) is 10.6 Å². The van der Waals surface area contributed by atoms with Crippen molar-refractivity contribution in [3.05, 3.63) is 94.7 Å². The molecule has 0 aliphatic heterocycles. The van der Waals surface area contributed by atoms with E-state index in [9.17, 15) is 22.4 Å². The highest BCUT2D eigenvalue weighted by Crippen LogP contribution is 2.27. The number of para-hydroxylation sites is 1. The van der Waals surface area contributed by atoms with Crippen LogP contribution in [0.3, 0.4) is 0 Å². The van der Waals surface area contributed by atoms with Gasteiger partial charge in [0.25, 0.3) is 10.0 Å². The van der Waals surface area contributed by atoms with Gasteiger partial charge in [-0.1, -0.05) is 58.4 Å². The molecular formula is C27H29BrFN3O4S. The van der Waals surface area contributed by atoms with Crippen LogP contribution in [0.2, 0.25) is 0 Å². The highest BCUT2D eigenvalue weighted by Gasteiger charge is 2.33. The lowest BCUT2D eigenvalue weighted by atomic mass is 10.1. The molecule has 0 saturated carbocycles. The molecule has 3 aromatic carbocycles. The van der Waals surface area contributed by atoms with Crippen molar-refractivity contribution in [3.63, 3.8) is 0 Å². The van der Waals surface area contributed by atoms with Crippen LogP contribution in [0.5, 0.6) is 0 Å². The van der Waals surface area contributed by atoms with Crippen LogP contribution in [-0.2, 0) is 26.2 Å². The zero-order valence-corrected chi connectivity index (χ0v) is 23.2. The number of carbonyl (C=O) groups excluding carboxylic acids is 2. The fraction of sp³-hybridized carbons (Fsp3) is 0.259. The van der Waals surface area contributed by atoms with E-state index in [0.29, 0.717) is 0 Å². The van der Waals surface area contributed by atoms with Gasteiger partial charge in [-0.15, -0.1) is 0 Å². The van der Waals surface area contributed by atoms with Gasteiger partial charge >= 0.3 is 0 Å². The molecule has 0 radical (unpaired) electrons. The van der Waals surface area contributed by atoms with Crippen molar-refractivity contribution >= 4 is 43.5 Å². The Balaban J connectivity index is 2.03. The topological polar surface area (TPSA) is 86.8 Å². The average Bonchev–Trinajstić information content (AvgIpc) is 2.86. The van der Waals surface area contributed by atoms with Crippen LogP contribution < -0.4 is 9.62 Å². The largest absolute Gasteiger partial charge is 0.352 e. The molecule has 37 heavy (non-hydrogen) atoms. The summed E-state index contributed by atoms with van der Waals surface area (Å²) in [6.45, 7) is 4.52. The Labute approximate surface area is 225 Å². The van der Waals surface area contributed by atoms with Gasteiger partial charge < -0.3 is 10.2 Å². The minimum Gasteiger partial charge on any atom is -0.352 e. The molecule has 0 heterocycles. The summed E-state index contributed by atoms with van der Waals surface area (Å²) in [5.41, 5.74) is 0.469. The van der Waals surface area contributed by atoms with Gasteiger partial charge in [-0.2, -0.15) is 0 Å². The van der Waals surface area contributed by atoms with E-state index in [0.717, 1.165) is 20.4 Å². The molecule has 0 aromatic heterocycles. The first-order valence-corrected chi connectivity index (χ1v) is 13.9. The molecule has 3 rings (SSSR count). The Morgan fingerprint density at radius 3 is 2.22 bits per heavy atom. The lowest BCUT2D eigenvalue weighted by Gasteiger charge is -2.32. The summed E-state index contributed by atoms with van der Waals surface area (Å²) < 4.78 is 43.6. The summed E-state index contributed by atoms with van der Waals surface area (Å²) >= 11 is 3.41. The van der Waals surface area contributed by atoms with Gasteiger partial charge in [0, 0.05) is 17.1 Å². The van der Waals surface area contributed by atoms with Crippen molar-refractivity contribution in [3.8, 4) is 0 Å². The quantitative estimate of drug-likeness (QED) is 0.370. The molecule has 2 amide bonds. The van der Waals surface area contributed by atoms with Crippen molar-refractivity contribution in [2.45, 2.75) is 44.3 Å². The van der Waals surface area contributed by atoms with Crippen LogP contribution in [0.4, 0.5) is 10.1 Å². The maximum atomic E-state index is 14.9. The first-order chi connectivity index (χ1) is 17.5. The van der Waals surface area contributed by atoms with E-state index in [2.05, 4.69) is 21.2 Å². The summed E-state index contributed by atoms with van der Waals surface area (Å²) in [4.78, 5) is 27.8. The molecule has 3 aromatic rings. The second kappa shape index (κ2) is 12.3. The number of hydrogen-bond donors (Lipinski definition) is 1. The zero-order chi connectivity index (χ0) is 27.2. The van der Waals surface area contributed by atoms with Crippen LogP contribution >= 0.6 is 15.9 Å². The van der Waals surface area contributed by atoms with Crippen molar-refractivity contribution in [2.75, 3.05) is 10.8 Å². The van der Waals surface area contributed by atoms with E-state index in [-0.39, 0.29) is 29.1 Å². The molecule has 196 valence electrons. The standard InChI is InChI=1S/C27H29BrFN3O4S/c1-19(2)30-27(34)20(3)31(17-21-10-9-11-22(28)16-21)26(33)18-32(25-15-8-7-14-24(25)29)37(35,36)23-12-5-4-6-13-23/h4-16,19-20H,17-18H2,1-3H3,(H,30,34)/t20-/m1/s1. The van der Waals surface area contributed by atoms with E-state index in [4.69, 9.17) is 0 Å². The smallest absolute Gasteiger partial charge is 0.264 e. The molecule has 0 saturated heterocycles. The van der Waals surface area contributed by atoms with E-state index in [1.54, 1.807) is 51.1 Å². The van der Waals surface area contributed by atoms with E-state index in [1.165, 1.54) is 35.2 Å². The summed E-state index contributed by atoms with van der Waals surface area (Å²) in [7, 11) is -4.31. The third-order valence-corrected chi connectivity index (χ3v) is 7.84. The van der Waals surface area contributed by atoms with E-state index < -0.39 is 34.3 Å². The molecule has 0 fully saturated rings. The van der Waals surface area contributed by atoms with Crippen LogP contribution in [0, 0.1) is 5.82 Å². The molecule has 1 N–H and O–H groups in total. The maximum Gasteiger partial charge on any atom is 0.264 e. The predicted octanol–water partition coefficient (Wildman–Crippen LogP) is 4.73.